The van der Waals surface area contributed by atoms with Crippen molar-refractivity contribution in [2.24, 2.45) is 5.92 Å². The molecule has 3 heteroatoms. The summed E-state index contributed by atoms with van der Waals surface area (Å²) in [6.45, 7) is 2.08. The Hall–Kier alpha value is -1.51. The van der Waals surface area contributed by atoms with Crippen LogP contribution in [0.5, 0.6) is 0 Å². The van der Waals surface area contributed by atoms with E-state index in [0.717, 1.165) is 24.2 Å². The number of aryl methyl sites for hydroxylation is 1. The van der Waals surface area contributed by atoms with Gasteiger partial charge in [-0.15, -0.1) is 0 Å². The molecule has 1 amide bonds. The second-order valence-corrected chi connectivity index (χ2v) is 5.13. The maximum Gasteiger partial charge on any atom is 0.229 e. The van der Waals surface area contributed by atoms with Crippen LogP contribution in [0.2, 0.25) is 0 Å². The number of carbonyl (C=O) groups is 1. The SMILES string of the molecule is Cc1cccc2c1NC1CCCCC1C(=O)N2. The van der Waals surface area contributed by atoms with Gasteiger partial charge in [-0.25, -0.2) is 0 Å². The molecule has 3 nitrogen and oxygen atoms in total. The number of benzene rings is 1. The van der Waals surface area contributed by atoms with Gasteiger partial charge in [-0.05, 0) is 31.4 Å². The summed E-state index contributed by atoms with van der Waals surface area (Å²) < 4.78 is 0. The third kappa shape index (κ3) is 1.79. The highest BCUT2D eigenvalue weighted by atomic mass is 16.2. The maximum atomic E-state index is 12.2. The molecule has 2 atom stereocenters. The minimum absolute atomic E-state index is 0.135. The highest BCUT2D eigenvalue weighted by Gasteiger charge is 2.34. The highest BCUT2D eigenvalue weighted by molar-refractivity contribution is 5.98. The van der Waals surface area contributed by atoms with Gasteiger partial charge in [0.15, 0.2) is 0 Å². The molecule has 3 rings (SSSR count). The average molecular weight is 230 g/mol. The Balaban J connectivity index is 2.01. The van der Waals surface area contributed by atoms with Gasteiger partial charge in [0.2, 0.25) is 5.91 Å². The molecule has 1 aromatic rings. The van der Waals surface area contributed by atoms with E-state index in [1.165, 1.54) is 18.4 Å². The number of para-hydroxylation sites is 1. The molecular formula is C14H18N2O. The molecule has 0 spiro atoms. The first-order valence-corrected chi connectivity index (χ1v) is 6.43. The molecule has 1 saturated carbocycles. The molecule has 1 fully saturated rings. The van der Waals surface area contributed by atoms with Gasteiger partial charge in [0.05, 0.1) is 17.3 Å². The highest BCUT2D eigenvalue weighted by Crippen LogP contribution is 2.36. The van der Waals surface area contributed by atoms with E-state index in [4.69, 9.17) is 0 Å². The molecule has 1 aliphatic carbocycles. The van der Waals surface area contributed by atoms with E-state index in [2.05, 4.69) is 23.6 Å². The zero-order chi connectivity index (χ0) is 11.8. The Morgan fingerprint density at radius 2 is 2.06 bits per heavy atom. The van der Waals surface area contributed by atoms with Crippen molar-refractivity contribution >= 4 is 17.3 Å². The van der Waals surface area contributed by atoms with E-state index in [1.807, 2.05) is 12.1 Å². The fraction of sp³-hybridized carbons (Fsp3) is 0.500. The minimum atomic E-state index is 0.135. The van der Waals surface area contributed by atoms with Crippen LogP contribution >= 0.6 is 0 Å². The molecule has 2 aliphatic rings. The van der Waals surface area contributed by atoms with E-state index < -0.39 is 0 Å². The third-order valence-corrected chi connectivity index (χ3v) is 3.96. The van der Waals surface area contributed by atoms with Crippen LogP contribution in [0, 0.1) is 12.8 Å². The van der Waals surface area contributed by atoms with Gasteiger partial charge in [-0.3, -0.25) is 4.79 Å². The number of amides is 1. The Morgan fingerprint density at radius 3 is 2.94 bits per heavy atom. The molecule has 2 unspecified atom stereocenters. The molecule has 2 N–H and O–H groups in total. The van der Waals surface area contributed by atoms with E-state index in [0.29, 0.717) is 6.04 Å². The van der Waals surface area contributed by atoms with Crippen molar-refractivity contribution in [1.82, 2.24) is 0 Å². The zero-order valence-electron chi connectivity index (χ0n) is 10.1. The van der Waals surface area contributed by atoms with Crippen LogP contribution in [0.25, 0.3) is 0 Å². The fourth-order valence-corrected chi connectivity index (χ4v) is 2.99. The molecule has 90 valence electrons. The van der Waals surface area contributed by atoms with Crippen LogP contribution in [0.15, 0.2) is 18.2 Å². The quantitative estimate of drug-likeness (QED) is 0.719. The van der Waals surface area contributed by atoms with Gasteiger partial charge in [-0.2, -0.15) is 0 Å². The molecule has 1 aliphatic heterocycles. The normalized spacial score (nSPS) is 27.2. The molecule has 1 aromatic carbocycles. The van der Waals surface area contributed by atoms with Gasteiger partial charge in [0, 0.05) is 6.04 Å². The summed E-state index contributed by atoms with van der Waals surface area (Å²) in [5.74, 6) is 0.321. The van der Waals surface area contributed by atoms with E-state index in [1.54, 1.807) is 0 Å². The minimum Gasteiger partial charge on any atom is -0.380 e. The lowest BCUT2D eigenvalue weighted by atomic mass is 9.84. The standard InChI is InChI=1S/C14H18N2O/c1-9-5-4-8-12-13(9)15-11-7-3-2-6-10(11)14(17)16-12/h4-5,8,10-11,15H,2-3,6-7H2,1H3,(H,16,17). The van der Waals surface area contributed by atoms with Gasteiger partial charge in [0.25, 0.3) is 0 Å². The number of hydrogen-bond acceptors (Lipinski definition) is 2. The molecule has 0 aromatic heterocycles. The summed E-state index contributed by atoms with van der Waals surface area (Å²) in [5.41, 5.74) is 3.24. The first kappa shape index (κ1) is 10.6. The molecule has 17 heavy (non-hydrogen) atoms. The Labute approximate surface area is 102 Å². The van der Waals surface area contributed by atoms with Crippen molar-refractivity contribution in [3.05, 3.63) is 23.8 Å². The summed E-state index contributed by atoms with van der Waals surface area (Å²) in [4.78, 5) is 12.2. The van der Waals surface area contributed by atoms with Gasteiger partial charge < -0.3 is 10.6 Å². The van der Waals surface area contributed by atoms with Crippen LogP contribution in [0.4, 0.5) is 11.4 Å². The number of carbonyl (C=O) groups excluding carboxylic acids is 1. The van der Waals surface area contributed by atoms with Crippen molar-refractivity contribution in [2.45, 2.75) is 38.6 Å². The molecule has 1 heterocycles. The molecule has 0 bridgehead atoms. The number of anilines is 2. The number of nitrogens with one attached hydrogen (secondary N) is 2. The second-order valence-electron chi connectivity index (χ2n) is 5.13. The van der Waals surface area contributed by atoms with Gasteiger partial charge in [0.1, 0.15) is 0 Å². The van der Waals surface area contributed by atoms with Crippen LogP contribution < -0.4 is 10.6 Å². The Bertz CT molecular complexity index is 456. The van der Waals surface area contributed by atoms with Crippen LogP contribution in [0.3, 0.4) is 0 Å². The molecular weight excluding hydrogens is 212 g/mol. The van der Waals surface area contributed by atoms with E-state index >= 15 is 0 Å². The Kier molecular flexibility index (Phi) is 2.54. The number of fused-ring (bicyclic) bond motifs is 2. The second kappa shape index (κ2) is 4.06. The number of rotatable bonds is 0. The lowest BCUT2D eigenvalue weighted by Crippen LogP contribution is -2.37. The van der Waals surface area contributed by atoms with Crippen molar-refractivity contribution in [2.75, 3.05) is 10.6 Å². The van der Waals surface area contributed by atoms with Crippen LogP contribution in [-0.2, 0) is 4.79 Å². The lowest BCUT2D eigenvalue weighted by molar-refractivity contribution is -0.120. The Morgan fingerprint density at radius 1 is 1.24 bits per heavy atom. The fourth-order valence-electron chi connectivity index (χ4n) is 2.99. The van der Waals surface area contributed by atoms with E-state index in [-0.39, 0.29) is 11.8 Å². The first-order chi connectivity index (χ1) is 8.25. The summed E-state index contributed by atoms with van der Waals surface area (Å²) in [7, 11) is 0. The third-order valence-electron chi connectivity index (χ3n) is 3.96. The lowest BCUT2D eigenvalue weighted by Gasteiger charge is -2.29. The topological polar surface area (TPSA) is 41.1 Å². The zero-order valence-corrected chi connectivity index (χ0v) is 10.1. The molecule has 0 radical (unpaired) electrons. The summed E-state index contributed by atoms with van der Waals surface area (Å²) in [5, 5.41) is 6.64. The smallest absolute Gasteiger partial charge is 0.229 e. The van der Waals surface area contributed by atoms with Gasteiger partial charge in [-0.1, -0.05) is 25.0 Å². The first-order valence-electron chi connectivity index (χ1n) is 6.43. The maximum absolute atomic E-state index is 12.2. The average Bonchev–Trinajstić information content (AvgIpc) is 2.47. The largest absolute Gasteiger partial charge is 0.380 e. The van der Waals surface area contributed by atoms with E-state index in [9.17, 15) is 4.79 Å². The summed E-state index contributed by atoms with van der Waals surface area (Å²) in [6.07, 6.45) is 4.51. The predicted molar refractivity (Wildman–Crippen MR) is 69.2 cm³/mol. The van der Waals surface area contributed by atoms with Crippen molar-refractivity contribution in [3.8, 4) is 0 Å². The van der Waals surface area contributed by atoms with Crippen LogP contribution in [0.1, 0.15) is 31.2 Å². The summed E-state index contributed by atoms with van der Waals surface area (Å²) in [6, 6.07) is 6.36. The van der Waals surface area contributed by atoms with Crippen molar-refractivity contribution in [1.29, 1.82) is 0 Å². The van der Waals surface area contributed by atoms with Crippen molar-refractivity contribution < 1.29 is 4.79 Å². The van der Waals surface area contributed by atoms with Crippen LogP contribution in [-0.4, -0.2) is 11.9 Å². The molecule has 0 saturated heterocycles. The van der Waals surface area contributed by atoms with Gasteiger partial charge >= 0.3 is 0 Å². The van der Waals surface area contributed by atoms with Crippen molar-refractivity contribution in [3.63, 3.8) is 0 Å². The number of hydrogen-bond donors (Lipinski definition) is 2. The summed E-state index contributed by atoms with van der Waals surface area (Å²) >= 11 is 0. The predicted octanol–water partition coefficient (Wildman–Crippen LogP) is 2.92. The monoisotopic (exact) mass is 230 g/mol.